The third-order valence-electron chi connectivity index (χ3n) is 5.37. The van der Waals surface area contributed by atoms with Crippen LogP contribution in [0.1, 0.15) is 34.4 Å². The second-order valence-corrected chi connectivity index (χ2v) is 8.83. The van der Waals surface area contributed by atoms with Crippen molar-refractivity contribution in [1.29, 1.82) is 0 Å². The zero-order valence-electron chi connectivity index (χ0n) is 17.2. The highest BCUT2D eigenvalue weighted by atomic mass is 35.5. The Morgan fingerprint density at radius 3 is 2.56 bits per heavy atom. The van der Waals surface area contributed by atoms with Gasteiger partial charge in [0.15, 0.2) is 0 Å². The first-order valence-electron chi connectivity index (χ1n) is 10.2. The van der Waals surface area contributed by atoms with E-state index < -0.39 is 12.1 Å². The van der Waals surface area contributed by atoms with Crippen molar-refractivity contribution < 1.29 is 9.59 Å². The molecule has 2 unspecified atom stereocenters. The minimum atomic E-state index is -0.663. The van der Waals surface area contributed by atoms with Gasteiger partial charge in [-0.1, -0.05) is 54.1 Å². The van der Waals surface area contributed by atoms with Gasteiger partial charge >= 0.3 is 6.03 Å². The number of halogens is 1. The van der Waals surface area contributed by atoms with E-state index in [4.69, 9.17) is 17.3 Å². The molecule has 2 aromatic heterocycles. The van der Waals surface area contributed by atoms with E-state index in [1.54, 1.807) is 0 Å². The number of nitrogens with two attached hydrogens (primary N) is 1. The molecule has 0 fully saturated rings. The van der Waals surface area contributed by atoms with Crippen LogP contribution >= 0.6 is 22.9 Å². The van der Waals surface area contributed by atoms with E-state index in [1.807, 2.05) is 66.2 Å². The highest BCUT2D eigenvalue weighted by Crippen LogP contribution is 2.34. The Morgan fingerprint density at radius 2 is 1.81 bits per heavy atom. The molecule has 2 aromatic carbocycles. The summed E-state index contributed by atoms with van der Waals surface area (Å²) in [6.45, 7) is 0.359. The average Bonchev–Trinajstić information content (AvgIpc) is 3.45. The van der Waals surface area contributed by atoms with Gasteiger partial charge < -0.3 is 21.4 Å². The standard InChI is InChI=1S/C24H23ClN4O2S/c25-19-8-3-1-6-15(19)17(18-13-27-20-9-4-2-7-16(18)20)14-28-23(30)12-21(29-24(26)31)22-10-5-11-32-22/h1-11,13,17,21,27H,12,14H2,(H,28,30)(H3,26,29,31). The van der Waals surface area contributed by atoms with E-state index in [2.05, 4.69) is 21.7 Å². The topological polar surface area (TPSA) is 100 Å². The molecule has 32 heavy (non-hydrogen) atoms. The molecule has 5 N–H and O–H groups in total. The molecule has 0 aliphatic heterocycles. The lowest BCUT2D eigenvalue weighted by molar-refractivity contribution is -0.121. The molecule has 4 aromatic rings. The highest BCUT2D eigenvalue weighted by Gasteiger charge is 2.23. The van der Waals surface area contributed by atoms with Gasteiger partial charge in [-0.3, -0.25) is 4.79 Å². The summed E-state index contributed by atoms with van der Waals surface area (Å²) in [4.78, 5) is 28.4. The van der Waals surface area contributed by atoms with Crippen molar-refractivity contribution in [3.63, 3.8) is 0 Å². The van der Waals surface area contributed by atoms with Crippen molar-refractivity contribution in [2.45, 2.75) is 18.4 Å². The summed E-state index contributed by atoms with van der Waals surface area (Å²) < 4.78 is 0. The maximum atomic E-state index is 12.8. The molecule has 6 nitrogen and oxygen atoms in total. The zero-order valence-corrected chi connectivity index (χ0v) is 18.7. The Kier molecular flexibility index (Phi) is 6.78. The van der Waals surface area contributed by atoms with Gasteiger partial charge in [-0.25, -0.2) is 4.79 Å². The van der Waals surface area contributed by atoms with Gasteiger partial charge in [-0.2, -0.15) is 0 Å². The molecule has 0 spiro atoms. The average molecular weight is 467 g/mol. The van der Waals surface area contributed by atoms with Gasteiger partial charge in [0, 0.05) is 39.5 Å². The Morgan fingerprint density at radius 1 is 1.03 bits per heavy atom. The maximum absolute atomic E-state index is 12.8. The largest absolute Gasteiger partial charge is 0.361 e. The number of H-pyrrole nitrogens is 1. The van der Waals surface area contributed by atoms with Gasteiger partial charge in [-0.15, -0.1) is 11.3 Å². The molecule has 0 radical (unpaired) electrons. The van der Waals surface area contributed by atoms with E-state index in [1.165, 1.54) is 11.3 Å². The second-order valence-electron chi connectivity index (χ2n) is 7.45. The van der Waals surface area contributed by atoms with E-state index in [9.17, 15) is 9.59 Å². The fourth-order valence-corrected chi connectivity index (χ4v) is 4.93. The van der Waals surface area contributed by atoms with Crippen molar-refractivity contribution >= 4 is 45.8 Å². The summed E-state index contributed by atoms with van der Waals surface area (Å²) in [5.74, 6) is -0.331. The summed E-state index contributed by atoms with van der Waals surface area (Å²) in [7, 11) is 0. The van der Waals surface area contributed by atoms with E-state index >= 15 is 0 Å². The number of aromatic nitrogens is 1. The number of benzene rings is 2. The van der Waals surface area contributed by atoms with Gasteiger partial charge in [0.1, 0.15) is 0 Å². The van der Waals surface area contributed by atoms with Gasteiger partial charge in [0.2, 0.25) is 5.91 Å². The molecule has 0 aliphatic rings. The fourth-order valence-electron chi connectivity index (χ4n) is 3.88. The van der Waals surface area contributed by atoms with E-state index in [-0.39, 0.29) is 18.2 Å². The summed E-state index contributed by atoms with van der Waals surface area (Å²) >= 11 is 7.99. The zero-order chi connectivity index (χ0) is 22.5. The van der Waals surface area contributed by atoms with Crippen LogP contribution in [0.3, 0.4) is 0 Å². The number of amides is 3. The summed E-state index contributed by atoms with van der Waals surface area (Å²) in [5, 5.41) is 9.30. The number of urea groups is 1. The molecule has 0 bridgehead atoms. The van der Waals surface area contributed by atoms with Crippen LogP contribution in [-0.2, 0) is 4.79 Å². The van der Waals surface area contributed by atoms with Crippen molar-refractivity contribution in [1.82, 2.24) is 15.6 Å². The number of carbonyl (C=O) groups is 2. The molecular formula is C24H23ClN4O2S. The minimum Gasteiger partial charge on any atom is -0.361 e. The Hall–Kier alpha value is -3.29. The van der Waals surface area contributed by atoms with Crippen molar-refractivity contribution in [3.8, 4) is 0 Å². The van der Waals surface area contributed by atoms with Crippen LogP contribution in [0.5, 0.6) is 0 Å². The monoisotopic (exact) mass is 466 g/mol. The summed E-state index contributed by atoms with van der Waals surface area (Å²) in [5.41, 5.74) is 8.32. The SMILES string of the molecule is NC(=O)NC(CC(=O)NCC(c1ccccc1Cl)c1c[nH]c2ccccc12)c1cccs1. The summed E-state index contributed by atoms with van der Waals surface area (Å²) in [6, 6.07) is 18.3. The van der Waals surface area contributed by atoms with Crippen LogP contribution < -0.4 is 16.4 Å². The maximum Gasteiger partial charge on any atom is 0.312 e. The van der Waals surface area contributed by atoms with Crippen LogP contribution in [-0.4, -0.2) is 23.5 Å². The molecule has 2 heterocycles. The molecular weight excluding hydrogens is 444 g/mol. The molecule has 0 saturated carbocycles. The van der Waals surface area contributed by atoms with Crippen molar-refractivity contribution in [3.05, 3.63) is 93.3 Å². The molecule has 3 amide bonds. The lowest BCUT2D eigenvalue weighted by atomic mass is 9.90. The first-order chi connectivity index (χ1) is 15.5. The number of nitrogens with one attached hydrogen (secondary N) is 3. The van der Waals surface area contributed by atoms with Crippen LogP contribution in [0, 0.1) is 0 Å². The fraction of sp³-hybridized carbons (Fsp3) is 0.167. The first-order valence-corrected chi connectivity index (χ1v) is 11.4. The van der Waals surface area contributed by atoms with Crippen LogP contribution in [0.4, 0.5) is 4.79 Å². The van der Waals surface area contributed by atoms with Crippen molar-refractivity contribution in [2.75, 3.05) is 6.54 Å². The van der Waals surface area contributed by atoms with Crippen LogP contribution in [0.15, 0.2) is 72.2 Å². The van der Waals surface area contributed by atoms with E-state index in [0.29, 0.717) is 11.6 Å². The lowest BCUT2D eigenvalue weighted by Crippen LogP contribution is -2.37. The minimum absolute atomic E-state index is 0.0899. The van der Waals surface area contributed by atoms with E-state index in [0.717, 1.165) is 26.9 Å². The normalized spacial score (nSPS) is 12.9. The number of primary amides is 1. The number of hydrogen-bond acceptors (Lipinski definition) is 3. The van der Waals surface area contributed by atoms with Crippen LogP contribution in [0.2, 0.25) is 5.02 Å². The number of hydrogen-bond donors (Lipinski definition) is 4. The molecule has 4 rings (SSSR count). The van der Waals surface area contributed by atoms with Gasteiger partial charge in [-0.05, 0) is 34.7 Å². The first kappa shape index (κ1) is 21.9. The third-order valence-corrected chi connectivity index (χ3v) is 6.70. The molecule has 2 atom stereocenters. The summed E-state index contributed by atoms with van der Waals surface area (Å²) in [6.07, 6.45) is 2.06. The number of aromatic amines is 1. The third kappa shape index (κ3) is 4.95. The number of rotatable bonds is 8. The van der Waals surface area contributed by atoms with Crippen molar-refractivity contribution in [2.24, 2.45) is 5.73 Å². The second kappa shape index (κ2) is 9.89. The molecule has 164 valence electrons. The number of thiophene rings is 1. The smallest absolute Gasteiger partial charge is 0.312 e. The Labute approximate surface area is 194 Å². The molecule has 8 heteroatoms. The predicted octanol–water partition coefficient (Wildman–Crippen LogP) is 4.93. The predicted molar refractivity (Wildman–Crippen MR) is 129 cm³/mol. The molecule has 0 saturated heterocycles. The number of carbonyl (C=O) groups excluding carboxylic acids is 2. The van der Waals surface area contributed by atoms with Crippen LogP contribution in [0.25, 0.3) is 10.9 Å². The highest BCUT2D eigenvalue weighted by molar-refractivity contribution is 7.10. The molecule has 0 aliphatic carbocycles. The number of fused-ring (bicyclic) bond motifs is 1. The van der Waals surface area contributed by atoms with Gasteiger partial charge in [0.25, 0.3) is 0 Å². The Balaban J connectivity index is 1.56. The number of para-hydroxylation sites is 1. The Bertz CT molecular complexity index is 1220. The lowest BCUT2D eigenvalue weighted by Gasteiger charge is -2.21. The van der Waals surface area contributed by atoms with Gasteiger partial charge in [0.05, 0.1) is 12.5 Å². The quantitative estimate of drug-likeness (QED) is 0.296.